The Morgan fingerprint density at radius 3 is 1.42 bits per heavy atom. The summed E-state index contributed by atoms with van der Waals surface area (Å²) in [6, 6.07) is 0. The molecule has 0 aromatic rings. The van der Waals surface area contributed by atoms with E-state index in [-0.39, 0.29) is 6.10 Å². The molecule has 0 bridgehead atoms. The molecule has 3 nitrogen and oxygen atoms in total. The van der Waals surface area contributed by atoms with Crippen LogP contribution in [0.5, 0.6) is 0 Å². The van der Waals surface area contributed by atoms with Crippen molar-refractivity contribution in [2.75, 3.05) is 33.0 Å². The van der Waals surface area contributed by atoms with E-state index >= 15 is 0 Å². The molecule has 0 saturated carbocycles. The van der Waals surface area contributed by atoms with Gasteiger partial charge in [0.15, 0.2) is 0 Å². The van der Waals surface area contributed by atoms with Crippen LogP contribution in [0.15, 0.2) is 0 Å². The molecule has 0 spiro atoms. The Bertz CT molecular complexity index is 248. The molecule has 26 heavy (non-hydrogen) atoms. The summed E-state index contributed by atoms with van der Waals surface area (Å²) in [5.41, 5.74) is 0. The molecule has 0 heterocycles. The van der Waals surface area contributed by atoms with Crippen LogP contribution in [0.1, 0.15) is 98.8 Å². The van der Waals surface area contributed by atoms with Gasteiger partial charge in [-0.3, -0.25) is 0 Å². The predicted octanol–water partition coefficient (Wildman–Crippen LogP) is 6.64. The molecule has 0 rings (SSSR count). The second-order valence-corrected chi connectivity index (χ2v) is 7.75. The third-order valence-electron chi connectivity index (χ3n) is 5.25. The highest BCUT2D eigenvalue weighted by Crippen LogP contribution is 2.15. The van der Waals surface area contributed by atoms with Gasteiger partial charge >= 0.3 is 0 Å². The Morgan fingerprint density at radius 1 is 0.577 bits per heavy atom. The van der Waals surface area contributed by atoms with Crippen LogP contribution in [0.3, 0.4) is 0 Å². The van der Waals surface area contributed by atoms with Crippen molar-refractivity contribution < 1.29 is 14.2 Å². The Balaban J connectivity index is 4.16. The number of hydrogen-bond acceptors (Lipinski definition) is 3. The van der Waals surface area contributed by atoms with Gasteiger partial charge in [-0.2, -0.15) is 0 Å². The highest BCUT2D eigenvalue weighted by Gasteiger charge is 2.14. The van der Waals surface area contributed by atoms with Gasteiger partial charge in [-0.1, -0.05) is 79.6 Å². The zero-order chi connectivity index (χ0) is 19.5. The minimum Gasteiger partial charge on any atom is -0.378 e. The highest BCUT2D eigenvalue weighted by atomic mass is 16.6. The van der Waals surface area contributed by atoms with Crippen molar-refractivity contribution in [1.82, 2.24) is 0 Å². The standard InChI is InChI=1S/C23H48O3/c1-6-11-14-21(9-4)17-24-19-23(26-16-13-8-3)20-25-18-22(10-5)15-12-7-2/h21-23H,6-20H2,1-5H3. The molecule has 3 heteroatoms. The minimum absolute atomic E-state index is 0.0777. The summed E-state index contributed by atoms with van der Waals surface area (Å²) < 4.78 is 18.1. The first kappa shape index (κ1) is 25.9. The molecule has 0 aliphatic carbocycles. The third-order valence-corrected chi connectivity index (χ3v) is 5.25. The van der Waals surface area contributed by atoms with Gasteiger partial charge in [0.05, 0.1) is 13.2 Å². The van der Waals surface area contributed by atoms with E-state index in [9.17, 15) is 0 Å². The van der Waals surface area contributed by atoms with Crippen molar-refractivity contribution in [3.63, 3.8) is 0 Å². The summed E-state index contributed by atoms with van der Waals surface area (Å²) in [4.78, 5) is 0. The van der Waals surface area contributed by atoms with Gasteiger partial charge in [0, 0.05) is 19.8 Å². The molecule has 0 saturated heterocycles. The van der Waals surface area contributed by atoms with Crippen LogP contribution in [-0.2, 0) is 14.2 Å². The van der Waals surface area contributed by atoms with Crippen LogP contribution in [-0.4, -0.2) is 39.1 Å². The van der Waals surface area contributed by atoms with E-state index in [2.05, 4.69) is 34.6 Å². The van der Waals surface area contributed by atoms with Crippen LogP contribution in [0.2, 0.25) is 0 Å². The second-order valence-electron chi connectivity index (χ2n) is 7.75. The number of ether oxygens (including phenoxy) is 3. The summed E-state index contributed by atoms with van der Waals surface area (Å²) in [5.74, 6) is 1.37. The van der Waals surface area contributed by atoms with Gasteiger partial charge in [-0.15, -0.1) is 0 Å². The zero-order valence-electron chi connectivity index (χ0n) is 18.6. The van der Waals surface area contributed by atoms with Crippen molar-refractivity contribution in [3.8, 4) is 0 Å². The fourth-order valence-corrected chi connectivity index (χ4v) is 3.07. The van der Waals surface area contributed by atoms with Crippen molar-refractivity contribution in [2.24, 2.45) is 11.8 Å². The summed E-state index contributed by atoms with van der Waals surface area (Å²) >= 11 is 0. The van der Waals surface area contributed by atoms with E-state index in [0.717, 1.165) is 32.7 Å². The Hall–Kier alpha value is -0.120. The lowest BCUT2D eigenvalue weighted by molar-refractivity contribution is -0.0704. The summed E-state index contributed by atoms with van der Waals surface area (Å²) in [6.45, 7) is 15.1. The molecule has 158 valence electrons. The van der Waals surface area contributed by atoms with Crippen LogP contribution in [0, 0.1) is 11.8 Å². The van der Waals surface area contributed by atoms with E-state index in [1.807, 2.05) is 0 Å². The maximum absolute atomic E-state index is 6.03. The van der Waals surface area contributed by atoms with E-state index in [4.69, 9.17) is 14.2 Å². The van der Waals surface area contributed by atoms with Crippen LogP contribution >= 0.6 is 0 Å². The molecule has 0 amide bonds. The Morgan fingerprint density at radius 2 is 1.04 bits per heavy atom. The van der Waals surface area contributed by atoms with Crippen LogP contribution in [0.4, 0.5) is 0 Å². The zero-order valence-corrected chi connectivity index (χ0v) is 18.6. The van der Waals surface area contributed by atoms with E-state index in [0.29, 0.717) is 25.0 Å². The molecule has 2 atom stereocenters. The fraction of sp³-hybridized carbons (Fsp3) is 1.00. The predicted molar refractivity (Wildman–Crippen MR) is 113 cm³/mol. The molecule has 0 aliphatic rings. The SMILES string of the molecule is CCCCOC(COCC(CC)CCCC)COCC(CC)CCCC. The molecule has 0 fully saturated rings. The quantitative estimate of drug-likeness (QED) is 0.224. The lowest BCUT2D eigenvalue weighted by Crippen LogP contribution is -2.28. The topological polar surface area (TPSA) is 27.7 Å². The van der Waals surface area contributed by atoms with Crippen molar-refractivity contribution in [1.29, 1.82) is 0 Å². The number of rotatable bonds is 20. The smallest absolute Gasteiger partial charge is 0.104 e. The molecule has 2 unspecified atom stereocenters. The lowest BCUT2D eigenvalue weighted by atomic mass is 10.0. The molecular formula is C23H48O3. The van der Waals surface area contributed by atoms with Gasteiger partial charge < -0.3 is 14.2 Å². The van der Waals surface area contributed by atoms with Gasteiger partial charge in [0.2, 0.25) is 0 Å². The van der Waals surface area contributed by atoms with Crippen molar-refractivity contribution in [2.45, 2.75) is 105 Å². The van der Waals surface area contributed by atoms with Crippen LogP contribution < -0.4 is 0 Å². The molecule has 0 radical (unpaired) electrons. The summed E-state index contributed by atoms with van der Waals surface area (Å²) in [5, 5.41) is 0. The highest BCUT2D eigenvalue weighted by molar-refractivity contribution is 4.61. The summed E-state index contributed by atoms with van der Waals surface area (Å²) in [7, 11) is 0. The average molecular weight is 373 g/mol. The van der Waals surface area contributed by atoms with Gasteiger partial charge in [0.1, 0.15) is 6.10 Å². The van der Waals surface area contributed by atoms with Gasteiger partial charge in [-0.25, -0.2) is 0 Å². The van der Waals surface area contributed by atoms with Gasteiger partial charge in [-0.05, 0) is 31.1 Å². The van der Waals surface area contributed by atoms with Crippen molar-refractivity contribution >= 4 is 0 Å². The normalized spacial score (nSPS) is 15.1. The Labute approximate surface area is 164 Å². The van der Waals surface area contributed by atoms with Crippen LogP contribution in [0.25, 0.3) is 0 Å². The molecule has 0 aromatic heterocycles. The Kier molecular flexibility index (Phi) is 19.5. The summed E-state index contributed by atoms with van der Waals surface area (Å²) in [6.07, 6.45) is 12.5. The first-order valence-electron chi connectivity index (χ1n) is 11.5. The number of unbranched alkanes of at least 4 members (excludes halogenated alkanes) is 3. The molecule has 0 aliphatic heterocycles. The van der Waals surface area contributed by atoms with Gasteiger partial charge in [0.25, 0.3) is 0 Å². The largest absolute Gasteiger partial charge is 0.378 e. The maximum atomic E-state index is 6.03. The van der Waals surface area contributed by atoms with E-state index < -0.39 is 0 Å². The minimum atomic E-state index is 0.0777. The molecular weight excluding hydrogens is 324 g/mol. The maximum Gasteiger partial charge on any atom is 0.104 e. The monoisotopic (exact) mass is 372 g/mol. The molecule has 0 N–H and O–H groups in total. The first-order chi connectivity index (χ1) is 12.7. The average Bonchev–Trinajstić information content (AvgIpc) is 2.66. The molecule has 0 aromatic carbocycles. The van der Waals surface area contributed by atoms with E-state index in [1.165, 1.54) is 51.4 Å². The van der Waals surface area contributed by atoms with Crippen molar-refractivity contribution in [3.05, 3.63) is 0 Å². The third kappa shape index (κ3) is 15.0. The second kappa shape index (κ2) is 19.6. The fourth-order valence-electron chi connectivity index (χ4n) is 3.07. The first-order valence-corrected chi connectivity index (χ1v) is 11.5. The number of hydrogen-bond donors (Lipinski definition) is 0. The lowest BCUT2D eigenvalue weighted by Gasteiger charge is -2.22. The van der Waals surface area contributed by atoms with E-state index in [1.54, 1.807) is 0 Å².